The lowest BCUT2D eigenvalue weighted by molar-refractivity contribution is -0.144. The first-order valence-electron chi connectivity index (χ1n) is 7.45. The lowest BCUT2D eigenvalue weighted by Crippen LogP contribution is -2.08. The fraction of sp³-hybridized carbons (Fsp3) is 0.167. The lowest BCUT2D eigenvalue weighted by Gasteiger charge is -2.05. The van der Waals surface area contributed by atoms with Crippen LogP contribution in [0.5, 0.6) is 0 Å². The average molecular weight is 373 g/mol. The van der Waals surface area contributed by atoms with E-state index in [1.54, 1.807) is 35.6 Å². The normalized spacial score (nSPS) is 10.4. The summed E-state index contributed by atoms with van der Waals surface area (Å²) in [4.78, 5) is 27.8. The zero-order chi connectivity index (χ0) is 17.6. The number of benzene rings is 1. The van der Waals surface area contributed by atoms with Crippen molar-refractivity contribution in [3.63, 3.8) is 0 Å². The molecule has 0 aliphatic rings. The van der Waals surface area contributed by atoms with Crippen LogP contribution in [-0.2, 0) is 27.3 Å². The zero-order valence-electron chi connectivity index (χ0n) is 13.4. The number of ether oxygens (including phenoxy) is 2. The van der Waals surface area contributed by atoms with Gasteiger partial charge in [-0.05, 0) is 29.1 Å². The number of carbonyl (C=O) groups excluding carboxylic acids is 2. The number of thiazole rings is 1. The van der Waals surface area contributed by atoms with Crippen LogP contribution in [0.15, 0.2) is 46.5 Å². The molecule has 0 atom stereocenters. The van der Waals surface area contributed by atoms with Gasteiger partial charge in [-0.2, -0.15) is 11.3 Å². The molecule has 0 unspecified atom stereocenters. The van der Waals surface area contributed by atoms with Crippen LogP contribution in [0.3, 0.4) is 0 Å². The van der Waals surface area contributed by atoms with Gasteiger partial charge in [0.1, 0.15) is 11.6 Å². The topological polar surface area (TPSA) is 65.5 Å². The second kappa shape index (κ2) is 8.04. The number of hydrogen-bond donors (Lipinski definition) is 0. The zero-order valence-corrected chi connectivity index (χ0v) is 15.1. The summed E-state index contributed by atoms with van der Waals surface area (Å²) in [5.41, 5.74) is 3.04. The number of methoxy groups -OCH3 is 1. The minimum atomic E-state index is -0.395. The smallest absolute Gasteiger partial charge is 0.337 e. The Bertz CT molecular complexity index is 854. The maximum atomic E-state index is 12.0. The summed E-state index contributed by atoms with van der Waals surface area (Å²) in [6.07, 6.45) is 0.140. The molecule has 0 bridgehead atoms. The molecule has 2 heterocycles. The van der Waals surface area contributed by atoms with Gasteiger partial charge >= 0.3 is 11.9 Å². The van der Waals surface area contributed by atoms with Crippen molar-refractivity contribution in [2.45, 2.75) is 13.0 Å². The van der Waals surface area contributed by atoms with E-state index in [1.807, 2.05) is 22.2 Å². The van der Waals surface area contributed by atoms with E-state index in [0.29, 0.717) is 11.3 Å². The van der Waals surface area contributed by atoms with Crippen molar-refractivity contribution in [1.29, 1.82) is 0 Å². The Kier molecular flexibility index (Phi) is 5.57. The SMILES string of the molecule is COC(=O)c1ccc(COC(=O)Cc2csc(-c3ccsc3)n2)cc1. The highest BCUT2D eigenvalue weighted by atomic mass is 32.1. The van der Waals surface area contributed by atoms with Crippen molar-refractivity contribution in [3.8, 4) is 10.6 Å². The first kappa shape index (κ1) is 17.3. The van der Waals surface area contributed by atoms with Crippen molar-refractivity contribution in [3.05, 3.63) is 63.3 Å². The van der Waals surface area contributed by atoms with E-state index >= 15 is 0 Å². The Balaban J connectivity index is 1.52. The van der Waals surface area contributed by atoms with E-state index in [-0.39, 0.29) is 19.0 Å². The predicted octanol–water partition coefficient (Wildman–Crippen LogP) is 3.94. The number of carbonyl (C=O) groups is 2. The van der Waals surface area contributed by atoms with Crippen LogP contribution in [-0.4, -0.2) is 24.0 Å². The molecule has 25 heavy (non-hydrogen) atoms. The molecule has 0 aliphatic carbocycles. The molecule has 0 fully saturated rings. The van der Waals surface area contributed by atoms with Crippen LogP contribution in [0.25, 0.3) is 10.6 Å². The van der Waals surface area contributed by atoms with Crippen molar-refractivity contribution >= 4 is 34.6 Å². The molecule has 5 nitrogen and oxygen atoms in total. The molecule has 0 saturated heterocycles. The molecule has 1 aromatic carbocycles. The van der Waals surface area contributed by atoms with Crippen LogP contribution in [0.4, 0.5) is 0 Å². The standard InChI is InChI=1S/C18H15NO4S2/c1-22-18(21)13-4-2-12(3-5-13)9-23-16(20)8-15-11-25-17(19-15)14-6-7-24-10-14/h2-7,10-11H,8-9H2,1H3. The third-order valence-corrected chi connectivity index (χ3v) is 5.04. The Morgan fingerprint density at radius 1 is 1.12 bits per heavy atom. The van der Waals surface area contributed by atoms with Crippen LogP contribution in [0.2, 0.25) is 0 Å². The Morgan fingerprint density at radius 3 is 2.60 bits per heavy atom. The highest BCUT2D eigenvalue weighted by Crippen LogP contribution is 2.25. The van der Waals surface area contributed by atoms with Gasteiger partial charge in [0.05, 0.1) is 24.8 Å². The maximum Gasteiger partial charge on any atom is 0.337 e. The third kappa shape index (κ3) is 4.52. The summed E-state index contributed by atoms with van der Waals surface area (Å²) in [6.45, 7) is 0.155. The minimum Gasteiger partial charge on any atom is -0.465 e. The molecule has 3 rings (SSSR count). The summed E-state index contributed by atoms with van der Waals surface area (Å²) in [7, 11) is 1.33. The van der Waals surface area contributed by atoms with Gasteiger partial charge in [0.25, 0.3) is 0 Å². The Morgan fingerprint density at radius 2 is 1.92 bits per heavy atom. The molecular formula is C18H15NO4S2. The van der Waals surface area contributed by atoms with Crippen LogP contribution < -0.4 is 0 Å². The van der Waals surface area contributed by atoms with Crippen molar-refractivity contribution in [1.82, 2.24) is 4.98 Å². The quantitative estimate of drug-likeness (QED) is 0.612. The molecule has 0 radical (unpaired) electrons. The number of thiophene rings is 1. The number of rotatable bonds is 6. The molecule has 0 aliphatic heterocycles. The van der Waals surface area contributed by atoms with Gasteiger partial charge < -0.3 is 9.47 Å². The highest BCUT2D eigenvalue weighted by molar-refractivity contribution is 7.14. The Labute approximate surface area is 152 Å². The van der Waals surface area contributed by atoms with Gasteiger partial charge in [-0.15, -0.1) is 11.3 Å². The maximum absolute atomic E-state index is 12.0. The van der Waals surface area contributed by atoms with Crippen molar-refractivity contribution in [2.24, 2.45) is 0 Å². The largest absolute Gasteiger partial charge is 0.465 e. The molecule has 3 aromatic rings. The summed E-state index contributed by atoms with van der Waals surface area (Å²) in [6, 6.07) is 8.75. The molecule has 2 aromatic heterocycles. The van der Waals surface area contributed by atoms with E-state index in [9.17, 15) is 9.59 Å². The first-order valence-corrected chi connectivity index (χ1v) is 9.28. The summed E-state index contributed by atoms with van der Waals surface area (Å²) in [5.74, 6) is -0.729. The van der Waals surface area contributed by atoms with Gasteiger partial charge in [-0.3, -0.25) is 4.79 Å². The molecular weight excluding hydrogens is 358 g/mol. The van der Waals surface area contributed by atoms with Gasteiger partial charge in [-0.1, -0.05) is 12.1 Å². The summed E-state index contributed by atoms with van der Waals surface area (Å²) in [5, 5.41) is 6.80. The van der Waals surface area contributed by atoms with Crippen molar-refractivity contribution in [2.75, 3.05) is 7.11 Å². The van der Waals surface area contributed by atoms with E-state index in [4.69, 9.17) is 4.74 Å². The predicted molar refractivity (Wildman–Crippen MR) is 96.7 cm³/mol. The molecule has 0 N–H and O–H groups in total. The third-order valence-electron chi connectivity index (χ3n) is 3.42. The molecule has 7 heteroatoms. The van der Waals surface area contributed by atoms with Gasteiger partial charge in [0.2, 0.25) is 0 Å². The van der Waals surface area contributed by atoms with E-state index in [1.165, 1.54) is 18.4 Å². The number of aromatic nitrogens is 1. The van der Waals surface area contributed by atoms with Crippen LogP contribution in [0.1, 0.15) is 21.6 Å². The monoisotopic (exact) mass is 373 g/mol. The number of hydrogen-bond acceptors (Lipinski definition) is 7. The van der Waals surface area contributed by atoms with E-state index in [2.05, 4.69) is 9.72 Å². The van der Waals surface area contributed by atoms with Gasteiger partial charge in [0, 0.05) is 16.3 Å². The summed E-state index contributed by atoms with van der Waals surface area (Å²) >= 11 is 3.13. The number of nitrogens with zero attached hydrogens (tertiary/aromatic N) is 1. The minimum absolute atomic E-state index is 0.140. The Hall–Kier alpha value is -2.51. The molecule has 0 saturated carbocycles. The second-order valence-corrected chi connectivity index (χ2v) is 6.82. The van der Waals surface area contributed by atoms with Crippen LogP contribution >= 0.6 is 22.7 Å². The van der Waals surface area contributed by atoms with E-state index in [0.717, 1.165) is 16.1 Å². The fourth-order valence-electron chi connectivity index (χ4n) is 2.12. The first-order chi connectivity index (χ1) is 12.2. The molecule has 0 amide bonds. The van der Waals surface area contributed by atoms with Crippen molar-refractivity contribution < 1.29 is 19.1 Å². The second-order valence-electron chi connectivity index (χ2n) is 5.18. The summed E-state index contributed by atoms with van der Waals surface area (Å²) < 4.78 is 9.91. The number of esters is 2. The molecule has 0 spiro atoms. The highest BCUT2D eigenvalue weighted by Gasteiger charge is 2.11. The molecule has 128 valence electrons. The van der Waals surface area contributed by atoms with E-state index < -0.39 is 5.97 Å². The fourth-order valence-corrected chi connectivity index (χ4v) is 3.66. The van der Waals surface area contributed by atoms with Gasteiger partial charge in [0.15, 0.2) is 0 Å². The van der Waals surface area contributed by atoms with Gasteiger partial charge in [-0.25, -0.2) is 9.78 Å². The van der Waals surface area contributed by atoms with Crippen LogP contribution in [0, 0.1) is 0 Å². The average Bonchev–Trinajstić information content (AvgIpc) is 3.31. The lowest BCUT2D eigenvalue weighted by atomic mass is 10.1.